The molecule has 3 saturated heterocycles. The van der Waals surface area contributed by atoms with E-state index >= 15 is 0 Å². The largest absolute Gasteiger partial charge is 0.339 e. The van der Waals surface area contributed by atoms with Crippen molar-refractivity contribution in [1.29, 1.82) is 0 Å². The summed E-state index contributed by atoms with van der Waals surface area (Å²) in [5.74, 6) is 0.610. The van der Waals surface area contributed by atoms with Gasteiger partial charge in [0.05, 0.1) is 12.1 Å². The molecule has 2 atom stereocenters. The van der Waals surface area contributed by atoms with E-state index in [0.29, 0.717) is 11.8 Å². The molecule has 3 heterocycles. The topological polar surface area (TPSA) is 47.1 Å². The summed E-state index contributed by atoms with van der Waals surface area (Å²) in [6.07, 6.45) is 4.15. The van der Waals surface area contributed by atoms with Gasteiger partial charge in [-0.25, -0.2) is 0 Å². The number of nitrogens with zero attached hydrogens (tertiary/aromatic N) is 4. The smallest absolute Gasteiger partial charge is 0.240 e. The lowest BCUT2D eigenvalue weighted by Crippen LogP contribution is -2.62. The highest BCUT2D eigenvalue weighted by Crippen LogP contribution is 2.24. The second-order valence-electron chi connectivity index (χ2n) is 8.64. The van der Waals surface area contributed by atoms with Crippen LogP contribution in [0.4, 0.5) is 0 Å². The zero-order valence-electron chi connectivity index (χ0n) is 17.0. The van der Waals surface area contributed by atoms with Crippen molar-refractivity contribution >= 4 is 11.8 Å². The van der Waals surface area contributed by atoms with Gasteiger partial charge in [-0.15, -0.1) is 0 Å². The summed E-state index contributed by atoms with van der Waals surface area (Å²) in [6.45, 7) is 13.8. The van der Waals surface area contributed by atoms with Gasteiger partial charge >= 0.3 is 0 Å². The van der Waals surface area contributed by atoms with E-state index in [0.717, 1.165) is 65.0 Å². The maximum Gasteiger partial charge on any atom is 0.240 e. The molecule has 0 aromatic carbocycles. The highest BCUT2D eigenvalue weighted by Gasteiger charge is 2.39. The van der Waals surface area contributed by atoms with Gasteiger partial charge in [0, 0.05) is 51.4 Å². The molecular weight excluding hydrogens is 328 g/mol. The van der Waals surface area contributed by atoms with Crippen molar-refractivity contribution in [2.24, 2.45) is 0 Å². The summed E-state index contributed by atoms with van der Waals surface area (Å²) < 4.78 is 0. The van der Waals surface area contributed by atoms with Crippen molar-refractivity contribution in [3.05, 3.63) is 0 Å². The number of carbonyl (C=O) groups excluding carboxylic acids is 2. The van der Waals surface area contributed by atoms with Gasteiger partial charge in [-0.3, -0.25) is 19.4 Å². The van der Waals surface area contributed by atoms with E-state index in [1.807, 2.05) is 9.80 Å². The predicted octanol–water partition coefficient (Wildman–Crippen LogP) is 1.40. The van der Waals surface area contributed by atoms with Crippen LogP contribution in [-0.2, 0) is 9.59 Å². The summed E-state index contributed by atoms with van der Waals surface area (Å²) in [5, 5.41) is 0. The maximum absolute atomic E-state index is 12.8. The molecule has 2 amide bonds. The Morgan fingerprint density at radius 1 is 0.654 bits per heavy atom. The second kappa shape index (κ2) is 8.26. The van der Waals surface area contributed by atoms with E-state index in [1.54, 1.807) is 0 Å². The van der Waals surface area contributed by atoms with Crippen LogP contribution in [0.1, 0.15) is 53.4 Å². The average Bonchev–Trinajstić information content (AvgIpc) is 2.62. The van der Waals surface area contributed by atoms with Crippen molar-refractivity contribution in [3.8, 4) is 0 Å². The van der Waals surface area contributed by atoms with E-state index in [2.05, 4.69) is 37.5 Å². The van der Waals surface area contributed by atoms with Gasteiger partial charge < -0.3 is 9.80 Å². The Hall–Kier alpha value is -1.14. The molecule has 3 rings (SSSR count). The molecule has 0 aromatic heterocycles. The fourth-order valence-corrected chi connectivity index (χ4v) is 4.82. The summed E-state index contributed by atoms with van der Waals surface area (Å²) in [5.41, 5.74) is 0. The fraction of sp³-hybridized carbons (Fsp3) is 0.900. The Kier molecular flexibility index (Phi) is 6.23. The first-order chi connectivity index (χ1) is 12.4. The third-order valence-electron chi connectivity index (χ3n) is 6.37. The maximum atomic E-state index is 12.8. The van der Waals surface area contributed by atoms with Gasteiger partial charge in [-0.1, -0.05) is 0 Å². The van der Waals surface area contributed by atoms with E-state index in [9.17, 15) is 9.59 Å². The molecule has 0 N–H and O–H groups in total. The average molecular weight is 365 g/mol. The summed E-state index contributed by atoms with van der Waals surface area (Å²) >= 11 is 0. The molecule has 0 bridgehead atoms. The Morgan fingerprint density at radius 3 is 1.31 bits per heavy atom. The molecular formula is C20H36N4O2. The van der Waals surface area contributed by atoms with Crippen LogP contribution in [0.3, 0.4) is 0 Å². The normalized spacial score (nSPS) is 29.9. The molecule has 0 spiro atoms. The molecule has 0 radical (unpaired) electrons. The van der Waals surface area contributed by atoms with Crippen LogP contribution in [0.15, 0.2) is 0 Å². The van der Waals surface area contributed by atoms with Crippen molar-refractivity contribution in [2.75, 3.05) is 39.3 Å². The summed E-state index contributed by atoms with van der Waals surface area (Å²) in [4.78, 5) is 34.4. The zero-order valence-corrected chi connectivity index (χ0v) is 17.0. The number of amides is 2. The number of carbonyl (C=O) groups is 2. The molecule has 0 aromatic rings. The number of hydrogen-bond acceptors (Lipinski definition) is 4. The third kappa shape index (κ3) is 3.91. The Balaban J connectivity index is 1.57. The Morgan fingerprint density at radius 2 is 1.00 bits per heavy atom. The van der Waals surface area contributed by atoms with Gasteiger partial charge in [-0.05, 0) is 53.4 Å². The molecule has 6 nitrogen and oxygen atoms in total. The van der Waals surface area contributed by atoms with Crippen LogP contribution < -0.4 is 0 Å². The first-order valence-electron chi connectivity index (χ1n) is 10.5. The lowest BCUT2D eigenvalue weighted by molar-refractivity contribution is -0.147. The highest BCUT2D eigenvalue weighted by molar-refractivity contribution is 5.83. The predicted molar refractivity (Wildman–Crippen MR) is 103 cm³/mol. The van der Waals surface area contributed by atoms with Crippen LogP contribution in [0.25, 0.3) is 0 Å². The summed E-state index contributed by atoms with van der Waals surface area (Å²) in [6, 6.07) is 0.659. The fourth-order valence-electron chi connectivity index (χ4n) is 4.82. The van der Waals surface area contributed by atoms with Crippen molar-refractivity contribution < 1.29 is 9.59 Å². The van der Waals surface area contributed by atoms with Crippen LogP contribution in [0.5, 0.6) is 0 Å². The van der Waals surface area contributed by atoms with Crippen LogP contribution in [0, 0.1) is 0 Å². The first kappa shape index (κ1) is 19.6. The highest BCUT2D eigenvalue weighted by atomic mass is 16.2. The van der Waals surface area contributed by atoms with Gasteiger partial charge in [-0.2, -0.15) is 0 Å². The molecule has 3 aliphatic rings. The standard InChI is InChI=1S/C20H36N4O2/c1-15(2)23-9-5-7-17(19(23)25)21-11-13-22(14-12-21)18-8-6-10-24(16(3)4)20(18)26/h15-18H,5-14H2,1-4H3/t17-,18+. The lowest BCUT2D eigenvalue weighted by Gasteiger charge is -2.46. The number of piperazine rings is 1. The Bertz CT molecular complexity index is 468. The van der Waals surface area contributed by atoms with Crippen LogP contribution >= 0.6 is 0 Å². The van der Waals surface area contributed by atoms with Gasteiger partial charge in [0.25, 0.3) is 0 Å². The van der Waals surface area contributed by atoms with E-state index in [1.165, 1.54) is 0 Å². The minimum atomic E-state index is 0.0440. The summed E-state index contributed by atoms with van der Waals surface area (Å²) in [7, 11) is 0. The minimum Gasteiger partial charge on any atom is -0.339 e. The van der Waals surface area contributed by atoms with Gasteiger partial charge in [0.15, 0.2) is 0 Å². The quantitative estimate of drug-likeness (QED) is 0.757. The third-order valence-corrected chi connectivity index (χ3v) is 6.37. The molecule has 0 saturated carbocycles. The second-order valence-corrected chi connectivity index (χ2v) is 8.64. The molecule has 3 fully saturated rings. The number of rotatable bonds is 4. The van der Waals surface area contributed by atoms with Crippen molar-refractivity contribution in [3.63, 3.8) is 0 Å². The van der Waals surface area contributed by atoms with E-state index < -0.39 is 0 Å². The minimum absolute atomic E-state index is 0.0440. The number of piperidine rings is 2. The van der Waals surface area contributed by atoms with Gasteiger partial charge in [0.1, 0.15) is 0 Å². The van der Waals surface area contributed by atoms with Crippen molar-refractivity contribution in [1.82, 2.24) is 19.6 Å². The lowest BCUT2D eigenvalue weighted by atomic mass is 9.98. The van der Waals surface area contributed by atoms with E-state index in [4.69, 9.17) is 0 Å². The first-order valence-corrected chi connectivity index (χ1v) is 10.5. The SMILES string of the molecule is CC(C)N1CCC[C@@H](N2CCN([C@H]3CCCN(C(C)C)C3=O)CC2)C1=O. The molecule has 26 heavy (non-hydrogen) atoms. The van der Waals surface area contributed by atoms with Gasteiger partial charge in [0.2, 0.25) is 11.8 Å². The molecule has 0 aliphatic carbocycles. The Labute approximate surface area is 158 Å². The monoisotopic (exact) mass is 364 g/mol. The molecule has 6 heteroatoms. The molecule has 0 unspecified atom stereocenters. The molecule has 148 valence electrons. The number of likely N-dealkylation sites (tertiary alicyclic amines) is 2. The number of hydrogen-bond donors (Lipinski definition) is 0. The molecule has 3 aliphatic heterocycles. The van der Waals surface area contributed by atoms with Crippen LogP contribution in [0.2, 0.25) is 0 Å². The van der Waals surface area contributed by atoms with Crippen molar-refractivity contribution in [2.45, 2.75) is 77.5 Å². The van der Waals surface area contributed by atoms with Crippen LogP contribution in [-0.4, -0.2) is 94.8 Å². The zero-order chi connectivity index (χ0) is 18.8. The van der Waals surface area contributed by atoms with E-state index in [-0.39, 0.29) is 24.2 Å².